The van der Waals surface area contributed by atoms with E-state index in [4.69, 9.17) is 5.73 Å². The van der Waals surface area contributed by atoms with Gasteiger partial charge in [0.05, 0.1) is 0 Å². The quantitative estimate of drug-likeness (QED) is 0.841. The fourth-order valence-corrected chi connectivity index (χ4v) is 2.94. The number of benzene rings is 1. The molecule has 1 saturated carbocycles. The first-order chi connectivity index (χ1) is 8.68. The highest BCUT2D eigenvalue weighted by atomic mass is 16.1. The van der Waals surface area contributed by atoms with Gasteiger partial charge in [-0.2, -0.15) is 0 Å². The summed E-state index contributed by atoms with van der Waals surface area (Å²) in [7, 11) is 1.98. The lowest BCUT2D eigenvalue weighted by Crippen LogP contribution is -2.44. The van der Waals surface area contributed by atoms with Crippen molar-refractivity contribution in [1.29, 1.82) is 0 Å². The summed E-state index contributed by atoms with van der Waals surface area (Å²) in [6.07, 6.45) is 4.94. The van der Waals surface area contributed by atoms with Crippen molar-refractivity contribution < 1.29 is 4.79 Å². The number of nitrogens with zero attached hydrogens (tertiary/aromatic N) is 1. The maximum atomic E-state index is 12.7. The average Bonchev–Trinajstić information content (AvgIpc) is 2.67. The molecule has 18 heavy (non-hydrogen) atoms. The maximum absolute atomic E-state index is 12.7. The molecule has 2 aromatic rings. The number of aryl methyl sites for hydroxylation is 1. The second kappa shape index (κ2) is 3.95. The van der Waals surface area contributed by atoms with Crippen molar-refractivity contribution in [3.05, 3.63) is 36.0 Å². The molecule has 0 saturated heterocycles. The molecule has 1 fully saturated rings. The third-order valence-electron chi connectivity index (χ3n) is 4.32. The van der Waals surface area contributed by atoms with Gasteiger partial charge >= 0.3 is 0 Å². The van der Waals surface area contributed by atoms with Gasteiger partial charge in [-0.3, -0.25) is 4.79 Å². The van der Waals surface area contributed by atoms with Crippen LogP contribution in [-0.2, 0) is 7.05 Å². The predicted octanol–water partition coefficient (Wildman–Crippen LogP) is 2.49. The van der Waals surface area contributed by atoms with Gasteiger partial charge in [-0.25, -0.2) is 0 Å². The van der Waals surface area contributed by atoms with Crippen molar-refractivity contribution >= 4 is 16.7 Å². The Morgan fingerprint density at radius 2 is 2.11 bits per heavy atom. The molecule has 0 amide bonds. The summed E-state index contributed by atoms with van der Waals surface area (Å²) >= 11 is 0. The molecular formula is C15H18N2O. The minimum absolute atomic E-state index is 0.230. The molecule has 3 heteroatoms. The molecule has 0 atom stereocenters. The first-order valence-electron chi connectivity index (χ1n) is 6.47. The van der Waals surface area contributed by atoms with Gasteiger partial charge in [0.15, 0.2) is 5.78 Å². The molecule has 3 nitrogen and oxygen atoms in total. The van der Waals surface area contributed by atoms with Gasteiger partial charge in [0.1, 0.15) is 0 Å². The zero-order valence-electron chi connectivity index (χ0n) is 10.6. The Morgan fingerprint density at radius 1 is 1.39 bits per heavy atom. The van der Waals surface area contributed by atoms with Crippen LogP contribution in [-0.4, -0.2) is 16.9 Å². The van der Waals surface area contributed by atoms with Crippen LogP contribution in [0.25, 0.3) is 10.9 Å². The minimum Gasteiger partial charge on any atom is -0.350 e. The lowest BCUT2D eigenvalue weighted by Gasteiger charge is -2.39. The van der Waals surface area contributed by atoms with Crippen molar-refractivity contribution in [3.8, 4) is 0 Å². The summed E-state index contributed by atoms with van der Waals surface area (Å²) in [4.78, 5) is 12.7. The van der Waals surface area contributed by atoms with Crippen molar-refractivity contribution in [2.24, 2.45) is 18.2 Å². The smallest absolute Gasteiger partial charge is 0.172 e. The van der Waals surface area contributed by atoms with Gasteiger partial charge in [-0.05, 0) is 18.9 Å². The number of carbonyl (C=O) groups is 1. The fraction of sp³-hybridized carbons (Fsp3) is 0.400. The van der Waals surface area contributed by atoms with E-state index in [1.807, 2.05) is 42.1 Å². The molecule has 1 aromatic heterocycles. The molecule has 1 aromatic carbocycles. The van der Waals surface area contributed by atoms with E-state index in [9.17, 15) is 4.79 Å². The summed E-state index contributed by atoms with van der Waals surface area (Å²) in [5.74, 6) is 0.230. The number of rotatable bonds is 3. The van der Waals surface area contributed by atoms with Crippen LogP contribution in [0.15, 0.2) is 30.5 Å². The van der Waals surface area contributed by atoms with Crippen LogP contribution < -0.4 is 5.73 Å². The molecule has 1 aliphatic rings. The number of ketones is 1. The van der Waals surface area contributed by atoms with E-state index in [-0.39, 0.29) is 11.2 Å². The van der Waals surface area contributed by atoms with E-state index >= 15 is 0 Å². The Morgan fingerprint density at radius 3 is 2.72 bits per heavy atom. The highest BCUT2D eigenvalue weighted by Gasteiger charge is 2.43. The topological polar surface area (TPSA) is 48.0 Å². The molecule has 3 rings (SSSR count). The van der Waals surface area contributed by atoms with Gasteiger partial charge < -0.3 is 10.3 Å². The molecular weight excluding hydrogens is 224 g/mol. The Bertz CT molecular complexity index is 602. The third kappa shape index (κ3) is 1.44. The average molecular weight is 242 g/mol. The van der Waals surface area contributed by atoms with E-state index in [0.29, 0.717) is 6.54 Å². The fourth-order valence-electron chi connectivity index (χ4n) is 2.94. The normalized spacial score (nSPS) is 17.7. The second-order valence-electron chi connectivity index (χ2n) is 5.34. The molecule has 0 radical (unpaired) electrons. The van der Waals surface area contributed by atoms with E-state index in [1.165, 1.54) is 0 Å². The van der Waals surface area contributed by atoms with Gasteiger partial charge in [0, 0.05) is 41.7 Å². The number of para-hydroxylation sites is 1. The molecule has 0 bridgehead atoms. The zero-order chi connectivity index (χ0) is 12.8. The predicted molar refractivity (Wildman–Crippen MR) is 72.6 cm³/mol. The van der Waals surface area contributed by atoms with Gasteiger partial charge in [0.2, 0.25) is 0 Å². The van der Waals surface area contributed by atoms with Crippen LogP contribution in [0.2, 0.25) is 0 Å². The van der Waals surface area contributed by atoms with Crippen molar-refractivity contribution in [2.75, 3.05) is 6.54 Å². The largest absolute Gasteiger partial charge is 0.350 e. The second-order valence-corrected chi connectivity index (χ2v) is 5.34. The number of carbonyl (C=O) groups excluding carboxylic acids is 1. The Balaban J connectivity index is 2.12. The first-order valence-corrected chi connectivity index (χ1v) is 6.47. The summed E-state index contributed by atoms with van der Waals surface area (Å²) in [5, 5.41) is 1.05. The van der Waals surface area contributed by atoms with E-state index in [1.54, 1.807) is 0 Å². The summed E-state index contributed by atoms with van der Waals surface area (Å²) in [5.41, 5.74) is 7.48. The zero-order valence-corrected chi connectivity index (χ0v) is 10.6. The van der Waals surface area contributed by atoms with Crippen molar-refractivity contribution in [2.45, 2.75) is 19.3 Å². The van der Waals surface area contributed by atoms with Crippen LogP contribution in [0.4, 0.5) is 0 Å². The number of Topliss-reactive ketones (excluding diaryl/α,β-unsaturated/α-hetero) is 1. The van der Waals surface area contributed by atoms with Gasteiger partial charge in [-0.15, -0.1) is 0 Å². The van der Waals surface area contributed by atoms with E-state index < -0.39 is 0 Å². The highest BCUT2D eigenvalue weighted by molar-refractivity contribution is 6.11. The molecule has 0 spiro atoms. The lowest BCUT2D eigenvalue weighted by molar-refractivity contribution is 0.0638. The standard InChI is InChI=1S/C15H18N2O/c1-17-9-12(11-5-2-3-6-13(11)17)14(18)15(10-16)7-4-8-15/h2-3,5-6,9H,4,7-8,10,16H2,1H3. The number of hydrogen-bond acceptors (Lipinski definition) is 2. The summed E-state index contributed by atoms with van der Waals surface area (Å²) < 4.78 is 2.02. The highest BCUT2D eigenvalue weighted by Crippen LogP contribution is 2.43. The SMILES string of the molecule is Cn1cc(C(=O)C2(CN)CCC2)c2ccccc21. The number of aromatic nitrogens is 1. The molecule has 0 aliphatic heterocycles. The molecule has 2 N–H and O–H groups in total. The Kier molecular flexibility index (Phi) is 2.52. The maximum Gasteiger partial charge on any atom is 0.172 e. The van der Waals surface area contributed by atoms with Crippen LogP contribution >= 0.6 is 0 Å². The van der Waals surface area contributed by atoms with Crippen LogP contribution in [0.5, 0.6) is 0 Å². The van der Waals surface area contributed by atoms with Gasteiger partial charge in [-0.1, -0.05) is 24.6 Å². The minimum atomic E-state index is -0.288. The third-order valence-corrected chi connectivity index (χ3v) is 4.32. The van der Waals surface area contributed by atoms with Gasteiger partial charge in [0.25, 0.3) is 0 Å². The lowest BCUT2D eigenvalue weighted by atomic mass is 9.64. The first kappa shape index (κ1) is 11.5. The number of fused-ring (bicyclic) bond motifs is 1. The number of nitrogens with two attached hydrogens (primary N) is 1. The Labute approximate surface area is 107 Å². The van der Waals surface area contributed by atoms with Crippen LogP contribution in [0, 0.1) is 5.41 Å². The molecule has 1 heterocycles. The van der Waals surface area contributed by atoms with Crippen molar-refractivity contribution in [1.82, 2.24) is 4.57 Å². The van der Waals surface area contributed by atoms with Crippen molar-refractivity contribution in [3.63, 3.8) is 0 Å². The van der Waals surface area contributed by atoms with Crippen LogP contribution in [0.3, 0.4) is 0 Å². The van der Waals surface area contributed by atoms with E-state index in [0.717, 1.165) is 35.7 Å². The number of hydrogen-bond donors (Lipinski definition) is 1. The molecule has 0 unspecified atom stereocenters. The summed E-state index contributed by atoms with van der Waals surface area (Å²) in [6, 6.07) is 8.04. The molecule has 94 valence electrons. The van der Waals surface area contributed by atoms with Crippen LogP contribution in [0.1, 0.15) is 29.6 Å². The summed E-state index contributed by atoms with van der Waals surface area (Å²) in [6.45, 7) is 0.467. The molecule has 1 aliphatic carbocycles. The monoisotopic (exact) mass is 242 g/mol. The Hall–Kier alpha value is -1.61. The van der Waals surface area contributed by atoms with E-state index in [2.05, 4.69) is 0 Å².